The fourth-order valence-corrected chi connectivity index (χ4v) is 11.0. The summed E-state index contributed by atoms with van der Waals surface area (Å²) in [4.78, 5) is 30.8. The van der Waals surface area contributed by atoms with E-state index in [9.17, 15) is 14.7 Å². The molecule has 49 heavy (non-hydrogen) atoms. The highest BCUT2D eigenvalue weighted by Gasteiger charge is 2.66. The normalized spacial score (nSPS) is 24.3. The van der Waals surface area contributed by atoms with Crippen molar-refractivity contribution in [2.24, 2.45) is 5.92 Å². The summed E-state index contributed by atoms with van der Waals surface area (Å²) in [5, 5.41) is 19.3. The Morgan fingerprint density at radius 1 is 1.10 bits per heavy atom. The summed E-state index contributed by atoms with van der Waals surface area (Å²) in [6.07, 6.45) is 3.04. The summed E-state index contributed by atoms with van der Waals surface area (Å²) in [5.74, 6) is -0.910. The maximum absolute atomic E-state index is 16.4. The van der Waals surface area contributed by atoms with E-state index in [4.69, 9.17) is 16.3 Å². The van der Waals surface area contributed by atoms with Gasteiger partial charge in [0.05, 0.1) is 36.6 Å². The molecule has 4 heterocycles. The number of ether oxygens (including phenoxy) is 1. The number of carbonyl (C=O) groups is 2. The number of aliphatic hydroxyl groups excluding tert-OH is 1. The van der Waals surface area contributed by atoms with E-state index in [1.54, 1.807) is 39.7 Å². The lowest BCUT2D eigenvalue weighted by Crippen LogP contribution is -2.45. The molecule has 3 aliphatic heterocycles. The number of aliphatic hydroxyl groups is 1. The summed E-state index contributed by atoms with van der Waals surface area (Å²) in [7, 11) is -3.38. The summed E-state index contributed by atoms with van der Waals surface area (Å²) in [6.45, 7) is 6.54. The number of aromatic nitrogens is 3. The lowest BCUT2D eigenvalue weighted by atomic mass is 9.82. The van der Waals surface area contributed by atoms with E-state index in [0.717, 1.165) is 23.2 Å². The van der Waals surface area contributed by atoms with E-state index >= 15 is 4.11 Å². The Labute approximate surface area is 291 Å². The summed E-state index contributed by atoms with van der Waals surface area (Å²) < 4.78 is 25.0. The number of rotatable bonds is 10. The zero-order valence-corrected chi connectivity index (χ0v) is 29.7. The van der Waals surface area contributed by atoms with Gasteiger partial charge in [-0.15, -0.1) is 5.10 Å². The van der Waals surface area contributed by atoms with Crippen LogP contribution in [0, 0.1) is 5.92 Å². The number of hydrogen-bond acceptors (Lipinski definition) is 6. The first-order chi connectivity index (χ1) is 23.5. The van der Waals surface area contributed by atoms with Crippen LogP contribution in [0.3, 0.4) is 0 Å². The van der Waals surface area contributed by atoms with E-state index in [1.807, 2.05) is 73.8 Å². The SMILES string of the molecule is C[C@@H]1[C@@H]([Si](C)(C)F)[C@H](CCn2cc(C(CO)c3ccccc3)nn2)O[C@@]12C(=O)N(Cc1cccc(N3CCCC3=O)c1)c1ccc(Cl)cc12. The molecule has 12 heteroatoms. The van der Waals surface area contributed by atoms with Crippen LogP contribution in [0.25, 0.3) is 0 Å². The summed E-state index contributed by atoms with van der Waals surface area (Å²) in [6, 6.07) is 22.8. The molecule has 1 aromatic heterocycles. The molecule has 0 radical (unpaired) electrons. The van der Waals surface area contributed by atoms with Crippen LogP contribution in [-0.2, 0) is 33.0 Å². The Hall–Kier alpha value is -3.90. The zero-order chi connectivity index (χ0) is 34.5. The molecule has 3 aromatic carbocycles. The van der Waals surface area contributed by atoms with Crippen molar-refractivity contribution >= 4 is 43.2 Å². The molecule has 256 valence electrons. The van der Waals surface area contributed by atoms with Crippen LogP contribution >= 0.6 is 11.6 Å². The van der Waals surface area contributed by atoms with E-state index in [-0.39, 0.29) is 30.9 Å². The predicted octanol–water partition coefficient (Wildman–Crippen LogP) is 6.59. The standard InChI is InChI=1S/C37H41ClFN5O4Si/c1-24-35(49(2,3)39)33(16-18-42-22-31(40-41-42)29(23-45)26-10-5-4-6-11-26)48-37(24)30-20-27(38)14-15-32(30)44(36(37)47)21-25-9-7-12-28(19-25)43-17-8-13-34(43)46/h4-7,9-12,14-15,19-20,22,24,29,33,35,45H,8,13,16-18,21,23H2,1-3H3/t24-,29?,33+,35-,37+/m1/s1. The molecule has 2 fully saturated rings. The number of nitrogens with zero attached hydrogens (tertiary/aromatic N) is 5. The third-order valence-corrected chi connectivity index (χ3v) is 13.2. The number of carbonyl (C=O) groups excluding carboxylic acids is 2. The van der Waals surface area contributed by atoms with Crippen molar-refractivity contribution in [1.82, 2.24) is 15.0 Å². The van der Waals surface area contributed by atoms with Crippen LogP contribution in [0.1, 0.15) is 54.5 Å². The van der Waals surface area contributed by atoms with Gasteiger partial charge in [-0.25, -0.2) is 0 Å². The average molecular weight is 702 g/mol. The Kier molecular flexibility index (Phi) is 8.97. The van der Waals surface area contributed by atoms with Crippen LogP contribution in [0.5, 0.6) is 0 Å². The lowest BCUT2D eigenvalue weighted by molar-refractivity contribution is -0.146. The van der Waals surface area contributed by atoms with Crippen molar-refractivity contribution in [2.75, 3.05) is 23.0 Å². The molecule has 2 saturated heterocycles. The van der Waals surface area contributed by atoms with Crippen molar-refractivity contribution in [3.05, 3.63) is 106 Å². The topological polar surface area (TPSA) is 101 Å². The Balaban J connectivity index is 1.17. The van der Waals surface area contributed by atoms with Crippen LogP contribution in [-0.4, -0.2) is 59.6 Å². The summed E-state index contributed by atoms with van der Waals surface area (Å²) >= 11 is 6.56. The molecule has 2 amide bonds. The highest BCUT2D eigenvalue weighted by molar-refractivity contribution is 6.72. The van der Waals surface area contributed by atoms with Gasteiger partial charge in [0.1, 0.15) is 0 Å². The second-order valence-electron chi connectivity index (χ2n) is 14.0. The van der Waals surface area contributed by atoms with Gasteiger partial charge in [-0.2, -0.15) is 0 Å². The molecule has 9 nitrogen and oxygen atoms in total. The molecule has 1 unspecified atom stereocenters. The lowest BCUT2D eigenvalue weighted by Gasteiger charge is -2.31. The van der Waals surface area contributed by atoms with E-state index in [2.05, 4.69) is 10.3 Å². The van der Waals surface area contributed by atoms with Crippen molar-refractivity contribution in [3.63, 3.8) is 0 Å². The van der Waals surface area contributed by atoms with Crippen LogP contribution in [0.15, 0.2) is 79.0 Å². The molecular weight excluding hydrogens is 661 g/mol. The van der Waals surface area contributed by atoms with Gasteiger partial charge in [0.2, 0.25) is 14.3 Å². The smallest absolute Gasteiger partial charge is 0.264 e. The van der Waals surface area contributed by atoms with Crippen molar-refractivity contribution < 1.29 is 23.5 Å². The molecule has 0 aliphatic carbocycles. The Morgan fingerprint density at radius 3 is 2.61 bits per heavy atom. The Morgan fingerprint density at radius 2 is 1.90 bits per heavy atom. The van der Waals surface area contributed by atoms with Crippen molar-refractivity contribution in [1.29, 1.82) is 0 Å². The fraction of sp³-hybridized carbons (Fsp3) is 0.405. The van der Waals surface area contributed by atoms with Gasteiger partial charge in [0, 0.05) is 53.4 Å². The van der Waals surface area contributed by atoms with Gasteiger partial charge in [0.25, 0.3) is 5.91 Å². The quantitative estimate of drug-likeness (QED) is 0.148. The first-order valence-electron chi connectivity index (χ1n) is 16.9. The average Bonchev–Trinajstić information content (AvgIpc) is 3.84. The number of hydrogen-bond donors (Lipinski definition) is 1. The van der Waals surface area contributed by atoms with Gasteiger partial charge in [-0.05, 0) is 67.4 Å². The van der Waals surface area contributed by atoms with Crippen molar-refractivity contribution in [2.45, 2.75) is 75.5 Å². The highest BCUT2D eigenvalue weighted by atomic mass is 35.5. The molecule has 0 saturated carbocycles. The third-order valence-electron chi connectivity index (χ3n) is 10.5. The van der Waals surface area contributed by atoms with Gasteiger partial charge >= 0.3 is 0 Å². The minimum absolute atomic E-state index is 0.100. The highest BCUT2D eigenvalue weighted by Crippen LogP contribution is 2.60. The number of amides is 2. The molecular formula is C37H41ClFN5O4Si. The number of halogens is 2. The monoisotopic (exact) mass is 701 g/mol. The number of fused-ring (bicyclic) bond motifs is 2. The molecule has 1 N–H and O–H groups in total. The minimum atomic E-state index is -3.38. The molecule has 4 aromatic rings. The second kappa shape index (κ2) is 13.1. The largest absolute Gasteiger partial charge is 0.395 e. The predicted molar refractivity (Wildman–Crippen MR) is 189 cm³/mol. The molecule has 7 rings (SSSR count). The van der Waals surface area contributed by atoms with Gasteiger partial charge in [0.15, 0.2) is 5.60 Å². The first-order valence-corrected chi connectivity index (χ1v) is 20.3. The van der Waals surface area contributed by atoms with Gasteiger partial charge in [-0.1, -0.05) is 66.2 Å². The third kappa shape index (κ3) is 6.00. The molecule has 0 bridgehead atoms. The van der Waals surface area contributed by atoms with Gasteiger partial charge in [-0.3, -0.25) is 14.3 Å². The number of aryl methyl sites for hydroxylation is 1. The molecule has 5 atom stereocenters. The zero-order valence-electron chi connectivity index (χ0n) is 27.9. The Bertz CT molecular complexity index is 1870. The van der Waals surface area contributed by atoms with Crippen LogP contribution in [0.2, 0.25) is 23.7 Å². The van der Waals surface area contributed by atoms with E-state index < -0.39 is 31.6 Å². The second-order valence-corrected chi connectivity index (χ2v) is 18.2. The van der Waals surface area contributed by atoms with Crippen LogP contribution in [0.4, 0.5) is 15.5 Å². The van der Waals surface area contributed by atoms with E-state index in [0.29, 0.717) is 47.9 Å². The first kappa shape index (κ1) is 33.6. The number of anilines is 2. The number of benzene rings is 3. The van der Waals surface area contributed by atoms with Crippen molar-refractivity contribution in [3.8, 4) is 0 Å². The molecule has 3 aliphatic rings. The molecule has 1 spiro atoms. The maximum atomic E-state index is 16.4. The van der Waals surface area contributed by atoms with E-state index in [1.165, 1.54) is 0 Å². The van der Waals surface area contributed by atoms with Gasteiger partial charge < -0.3 is 23.8 Å². The fourth-order valence-electron chi connectivity index (χ4n) is 8.27. The van der Waals surface area contributed by atoms with Crippen LogP contribution < -0.4 is 9.80 Å². The minimum Gasteiger partial charge on any atom is -0.395 e. The summed E-state index contributed by atoms with van der Waals surface area (Å²) in [5.41, 5.74) is 2.74. The maximum Gasteiger partial charge on any atom is 0.264 e.